The molecule has 1 aliphatic heterocycles. The largest absolute Gasteiger partial charge is 0.322 e. The molecule has 146 valence electrons. The highest BCUT2D eigenvalue weighted by molar-refractivity contribution is 8.01. The minimum Gasteiger partial charge on any atom is -0.322 e. The molecule has 1 amide bonds. The average Bonchev–Trinajstić information content (AvgIpc) is 2.64. The summed E-state index contributed by atoms with van der Waals surface area (Å²) in [5, 5.41) is 4.87. The average molecular weight is 413 g/mol. The molecule has 2 rings (SSSR count). The molecule has 0 aromatic carbocycles. The van der Waals surface area contributed by atoms with Crippen molar-refractivity contribution in [1.29, 1.82) is 0 Å². The number of aryl methyl sites for hydroxylation is 1. The Kier molecular flexibility index (Phi) is 9.18. The summed E-state index contributed by atoms with van der Waals surface area (Å²) in [7, 11) is 0. The van der Waals surface area contributed by atoms with Gasteiger partial charge in [-0.2, -0.15) is 0 Å². The summed E-state index contributed by atoms with van der Waals surface area (Å²) in [6.45, 7) is 6.47. The molecule has 0 radical (unpaired) electrons. The first-order valence-corrected chi connectivity index (χ1v) is 13.0. The molecule has 6 heteroatoms. The van der Waals surface area contributed by atoms with E-state index < -0.39 is 0 Å². The Hall–Kier alpha value is -0.330. The molecule has 0 bridgehead atoms. The summed E-state index contributed by atoms with van der Waals surface area (Å²) < 4.78 is 0. The van der Waals surface area contributed by atoms with Crippen molar-refractivity contribution in [2.24, 2.45) is 5.92 Å². The fourth-order valence-electron chi connectivity index (χ4n) is 3.65. The van der Waals surface area contributed by atoms with Crippen LogP contribution in [0.25, 0.3) is 0 Å². The van der Waals surface area contributed by atoms with E-state index in [0.29, 0.717) is 11.2 Å². The molecule has 0 saturated carbocycles. The smallest absolute Gasteiger partial charge is 0.237 e. The predicted octanol–water partition coefficient (Wildman–Crippen LogP) is 6.25. The fraction of sp³-hybridized carbons (Fsp3) is 0.700. The summed E-state index contributed by atoms with van der Waals surface area (Å²) >= 11 is 5.19. The zero-order valence-corrected chi connectivity index (χ0v) is 19.1. The highest BCUT2D eigenvalue weighted by atomic mass is 32.2. The van der Waals surface area contributed by atoms with Gasteiger partial charge in [0.25, 0.3) is 0 Å². The van der Waals surface area contributed by atoms with Gasteiger partial charge in [-0.3, -0.25) is 4.79 Å². The number of nitrogens with zero attached hydrogens (tertiary/aromatic N) is 1. The summed E-state index contributed by atoms with van der Waals surface area (Å²) in [5.41, 5.74) is 1.89. The first-order valence-electron chi connectivity index (χ1n) is 9.59. The Morgan fingerprint density at radius 2 is 1.96 bits per heavy atom. The third kappa shape index (κ3) is 5.59. The maximum absolute atomic E-state index is 13.2. The molecule has 1 aromatic heterocycles. The first-order chi connectivity index (χ1) is 12.5. The second-order valence-corrected chi connectivity index (χ2v) is 10.0. The van der Waals surface area contributed by atoms with Crippen LogP contribution in [0.1, 0.15) is 58.1 Å². The van der Waals surface area contributed by atoms with Crippen LogP contribution in [0, 0.1) is 12.8 Å². The van der Waals surface area contributed by atoms with Gasteiger partial charge < -0.3 is 5.32 Å². The summed E-state index contributed by atoms with van der Waals surface area (Å²) in [4.78, 5) is 19.0. The van der Waals surface area contributed by atoms with Crippen molar-refractivity contribution in [1.82, 2.24) is 4.98 Å². The zero-order valence-electron chi connectivity index (χ0n) is 16.6. The number of carbonyl (C=O) groups is 1. The Balaban J connectivity index is 2.23. The molecule has 3 unspecified atom stereocenters. The Labute approximate surface area is 171 Å². The van der Waals surface area contributed by atoms with E-state index in [0.717, 1.165) is 34.1 Å². The van der Waals surface area contributed by atoms with E-state index in [1.165, 1.54) is 25.7 Å². The fourth-order valence-corrected chi connectivity index (χ4v) is 6.69. The standard InChI is InChI=1S/C20H32N2OS3/c1-6-8-14-10-11-15(9-7-2)26-18(14)19(23)22-17-16(24-4)12-13(3)21-20(17)25-5/h12,14-15,18H,6-11H2,1-5H3,(H,22,23). The minimum atomic E-state index is 0.0611. The highest BCUT2D eigenvalue weighted by Gasteiger charge is 2.35. The number of nitrogens with one attached hydrogen (secondary N) is 1. The lowest BCUT2D eigenvalue weighted by Crippen LogP contribution is -2.37. The molecule has 0 spiro atoms. The third-order valence-electron chi connectivity index (χ3n) is 4.89. The normalized spacial score (nSPS) is 23.0. The van der Waals surface area contributed by atoms with E-state index in [2.05, 4.69) is 36.5 Å². The van der Waals surface area contributed by atoms with E-state index in [1.807, 2.05) is 24.9 Å². The van der Waals surface area contributed by atoms with Crippen molar-refractivity contribution >= 4 is 46.9 Å². The molecule has 2 heterocycles. The highest BCUT2D eigenvalue weighted by Crippen LogP contribution is 2.41. The topological polar surface area (TPSA) is 42.0 Å². The third-order valence-corrected chi connectivity index (χ3v) is 8.09. The van der Waals surface area contributed by atoms with Gasteiger partial charge in [-0.15, -0.1) is 35.3 Å². The molecular weight excluding hydrogens is 380 g/mol. The van der Waals surface area contributed by atoms with Gasteiger partial charge in [0.05, 0.1) is 10.9 Å². The van der Waals surface area contributed by atoms with Crippen molar-refractivity contribution in [2.75, 3.05) is 17.8 Å². The number of rotatable bonds is 8. The van der Waals surface area contributed by atoms with Crippen LogP contribution in [-0.4, -0.2) is 33.9 Å². The van der Waals surface area contributed by atoms with E-state index >= 15 is 0 Å². The van der Waals surface area contributed by atoms with E-state index in [9.17, 15) is 4.79 Å². The molecule has 0 aliphatic carbocycles. The SMILES string of the molecule is CCCC1CCC(CCC)C(C(=O)Nc2c(SC)cc(C)nc2SC)S1. The number of carbonyl (C=O) groups excluding carboxylic acids is 1. The van der Waals surface area contributed by atoms with E-state index in [-0.39, 0.29) is 11.2 Å². The zero-order chi connectivity index (χ0) is 19.1. The van der Waals surface area contributed by atoms with Crippen LogP contribution in [0.15, 0.2) is 16.0 Å². The van der Waals surface area contributed by atoms with Crippen LogP contribution in [0.5, 0.6) is 0 Å². The lowest BCUT2D eigenvalue weighted by atomic mass is 9.91. The first kappa shape index (κ1) is 22.0. The maximum Gasteiger partial charge on any atom is 0.237 e. The van der Waals surface area contributed by atoms with Gasteiger partial charge in [-0.05, 0) is 57.1 Å². The van der Waals surface area contributed by atoms with Gasteiger partial charge in [0.1, 0.15) is 5.03 Å². The summed E-state index contributed by atoms with van der Waals surface area (Å²) in [6.07, 6.45) is 11.2. The summed E-state index contributed by atoms with van der Waals surface area (Å²) in [6, 6.07) is 2.07. The van der Waals surface area contributed by atoms with Crippen molar-refractivity contribution in [3.63, 3.8) is 0 Å². The van der Waals surface area contributed by atoms with Crippen molar-refractivity contribution in [3.8, 4) is 0 Å². The number of hydrogen-bond donors (Lipinski definition) is 1. The lowest BCUT2D eigenvalue weighted by Gasteiger charge is -2.35. The number of hydrogen-bond acceptors (Lipinski definition) is 5. The second-order valence-electron chi connectivity index (χ2n) is 6.93. The molecule has 1 saturated heterocycles. The number of amides is 1. The van der Waals surface area contributed by atoms with Crippen LogP contribution in [0.4, 0.5) is 5.69 Å². The number of thioether (sulfide) groups is 3. The van der Waals surface area contributed by atoms with Crippen molar-refractivity contribution < 1.29 is 4.79 Å². The van der Waals surface area contributed by atoms with Gasteiger partial charge >= 0.3 is 0 Å². The lowest BCUT2D eigenvalue weighted by molar-refractivity contribution is -0.116. The van der Waals surface area contributed by atoms with Crippen molar-refractivity contribution in [3.05, 3.63) is 11.8 Å². The van der Waals surface area contributed by atoms with E-state index in [4.69, 9.17) is 0 Å². The molecule has 1 aromatic rings. The van der Waals surface area contributed by atoms with Gasteiger partial charge in [0.2, 0.25) is 5.91 Å². The minimum absolute atomic E-state index is 0.0611. The van der Waals surface area contributed by atoms with E-state index in [1.54, 1.807) is 23.5 Å². The predicted molar refractivity (Wildman–Crippen MR) is 119 cm³/mol. The number of pyridine rings is 1. The maximum atomic E-state index is 13.2. The number of aromatic nitrogens is 1. The Morgan fingerprint density at radius 1 is 1.23 bits per heavy atom. The molecule has 3 nitrogen and oxygen atoms in total. The van der Waals surface area contributed by atoms with Gasteiger partial charge in [0, 0.05) is 15.8 Å². The quantitative estimate of drug-likeness (QED) is 0.511. The monoisotopic (exact) mass is 412 g/mol. The van der Waals surface area contributed by atoms with Crippen LogP contribution in [-0.2, 0) is 4.79 Å². The second kappa shape index (κ2) is 10.9. The molecular formula is C20H32N2OS3. The van der Waals surface area contributed by atoms with Gasteiger partial charge in [-0.1, -0.05) is 26.7 Å². The van der Waals surface area contributed by atoms with Crippen molar-refractivity contribution in [2.45, 2.75) is 79.7 Å². The molecule has 1 N–H and O–H groups in total. The number of anilines is 1. The van der Waals surface area contributed by atoms with Crippen LogP contribution < -0.4 is 5.32 Å². The summed E-state index contributed by atoms with van der Waals surface area (Å²) in [5.74, 6) is 0.664. The van der Waals surface area contributed by atoms with Gasteiger partial charge in [0.15, 0.2) is 0 Å². The Bertz CT molecular complexity index is 584. The van der Waals surface area contributed by atoms with Gasteiger partial charge in [-0.25, -0.2) is 4.98 Å². The molecule has 26 heavy (non-hydrogen) atoms. The van der Waals surface area contributed by atoms with Crippen LogP contribution in [0.2, 0.25) is 0 Å². The van der Waals surface area contributed by atoms with Crippen LogP contribution in [0.3, 0.4) is 0 Å². The Morgan fingerprint density at radius 3 is 2.58 bits per heavy atom. The van der Waals surface area contributed by atoms with Crippen LogP contribution >= 0.6 is 35.3 Å². The molecule has 1 aliphatic rings. The molecule has 3 atom stereocenters. The molecule has 1 fully saturated rings.